The molecule has 2 N–H and O–H groups in total. The minimum absolute atomic E-state index is 0.0903. The van der Waals surface area contributed by atoms with Crippen molar-refractivity contribution in [3.05, 3.63) is 59.4 Å². The molecule has 0 saturated carbocycles. The monoisotopic (exact) mass is 519 g/mol. The van der Waals surface area contributed by atoms with E-state index in [9.17, 15) is 22.3 Å². The second-order valence-corrected chi connectivity index (χ2v) is 10.7. The number of rotatable bonds is 6. The molecule has 1 unspecified atom stereocenters. The summed E-state index contributed by atoms with van der Waals surface area (Å²) >= 11 is 0. The molecule has 2 aromatic carbocycles. The lowest BCUT2D eigenvalue weighted by Gasteiger charge is -2.29. The van der Waals surface area contributed by atoms with Crippen molar-refractivity contribution in [2.24, 2.45) is 0 Å². The summed E-state index contributed by atoms with van der Waals surface area (Å²) in [6, 6.07) is 3.14. The third kappa shape index (κ3) is 5.55. The van der Waals surface area contributed by atoms with E-state index in [4.69, 9.17) is 4.74 Å². The minimum atomic E-state index is -3.87. The van der Waals surface area contributed by atoms with Crippen LogP contribution in [0.4, 0.5) is 22.0 Å². The minimum Gasteiger partial charge on any atom is -0.368 e. The van der Waals surface area contributed by atoms with Crippen molar-refractivity contribution in [1.29, 1.82) is 0 Å². The van der Waals surface area contributed by atoms with Gasteiger partial charge in [0.2, 0.25) is 0 Å². The number of ether oxygens (including phenoxy) is 1. The van der Waals surface area contributed by atoms with Gasteiger partial charge in [0.25, 0.3) is 22.2 Å². The van der Waals surface area contributed by atoms with Crippen LogP contribution in [0.25, 0.3) is 11.1 Å². The van der Waals surface area contributed by atoms with Gasteiger partial charge in [-0.2, -0.15) is 4.55 Å². The Morgan fingerprint density at radius 2 is 1.91 bits per heavy atom. The Morgan fingerprint density at radius 3 is 2.51 bits per heavy atom. The number of alkyl halides is 2. The molecule has 0 radical (unpaired) electrons. The molecular weight excluding hydrogens is 495 g/mol. The number of benzene rings is 2. The average Bonchev–Trinajstić information content (AvgIpc) is 3.36. The van der Waals surface area contributed by atoms with Gasteiger partial charge in [-0.25, -0.2) is 22.0 Å². The molecule has 2 heterocycles. The van der Waals surface area contributed by atoms with Crippen molar-refractivity contribution in [1.82, 2.24) is 9.62 Å². The number of likely N-dealkylation sites (tertiary alicyclic amines) is 1. The van der Waals surface area contributed by atoms with E-state index in [0.29, 0.717) is 25.5 Å². The van der Waals surface area contributed by atoms with Gasteiger partial charge in [0.05, 0.1) is 12.6 Å². The van der Waals surface area contributed by atoms with E-state index in [-0.39, 0.29) is 16.7 Å². The maximum absolute atomic E-state index is 15.5. The van der Waals surface area contributed by atoms with Gasteiger partial charge in [0.15, 0.2) is 6.26 Å². The average molecular weight is 520 g/mol. The molecule has 12 heteroatoms. The zero-order valence-corrected chi connectivity index (χ0v) is 19.5. The van der Waals surface area contributed by atoms with Gasteiger partial charge in [0, 0.05) is 18.2 Å². The highest BCUT2D eigenvalue weighted by Crippen LogP contribution is 2.37. The van der Waals surface area contributed by atoms with Crippen molar-refractivity contribution in [2.45, 2.75) is 43.4 Å². The summed E-state index contributed by atoms with van der Waals surface area (Å²) in [4.78, 5) is 13.9. The topological polar surface area (TPSA) is 78.9 Å². The zero-order chi connectivity index (χ0) is 25.5. The molecule has 1 amide bonds. The van der Waals surface area contributed by atoms with Crippen LogP contribution in [0.2, 0.25) is 0 Å². The smallest absolute Gasteiger partial charge is 0.286 e. The van der Waals surface area contributed by atoms with Crippen molar-refractivity contribution in [2.75, 3.05) is 19.4 Å². The van der Waals surface area contributed by atoms with Crippen LogP contribution in [0, 0.1) is 17.5 Å². The van der Waals surface area contributed by atoms with E-state index >= 15 is 13.2 Å². The highest BCUT2D eigenvalue weighted by molar-refractivity contribution is 7.95. The lowest BCUT2D eigenvalue weighted by Crippen LogP contribution is -2.54. The maximum Gasteiger partial charge on any atom is 0.286 e. The first-order valence-corrected chi connectivity index (χ1v) is 12.8. The molecule has 35 heavy (non-hydrogen) atoms. The van der Waals surface area contributed by atoms with E-state index in [1.165, 1.54) is 18.2 Å². The summed E-state index contributed by atoms with van der Waals surface area (Å²) in [5.41, 5.74) is -0.353. The quantitative estimate of drug-likeness (QED) is 0.450. The van der Waals surface area contributed by atoms with Crippen LogP contribution >= 0.6 is 0 Å². The summed E-state index contributed by atoms with van der Waals surface area (Å²) in [5.74, 6) is -7.05. The maximum atomic E-state index is 15.5. The van der Waals surface area contributed by atoms with Crippen molar-refractivity contribution in [3.8, 4) is 11.1 Å². The van der Waals surface area contributed by atoms with E-state index < -0.39 is 70.8 Å². The van der Waals surface area contributed by atoms with Crippen LogP contribution in [0.5, 0.6) is 0 Å². The molecule has 6 nitrogen and oxygen atoms in total. The second-order valence-electron chi connectivity index (χ2n) is 8.84. The van der Waals surface area contributed by atoms with Gasteiger partial charge in [-0.15, -0.1) is 0 Å². The van der Waals surface area contributed by atoms with Crippen LogP contribution < -0.4 is 4.72 Å². The third-order valence-electron chi connectivity index (χ3n) is 6.14. The zero-order valence-electron chi connectivity index (χ0n) is 18.6. The Labute approximate surface area is 199 Å². The Kier molecular flexibility index (Phi) is 7.02. The number of halogens is 5. The first-order valence-electron chi connectivity index (χ1n) is 10.9. The van der Waals surface area contributed by atoms with Gasteiger partial charge in [0.1, 0.15) is 29.6 Å². The van der Waals surface area contributed by atoms with E-state index in [2.05, 4.69) is 0 Å². The molecule has 2 fully saturated rings. The molecule has 2 aromatic rings. The Morgan fingerprint density at radius 1 is 1.23 bits per heavy atom. The number of carbonyl (C=O) groups is 1. The molecule has 0 spiro atoms. The van der Waals surface area contributed by atoms with Crippen LogP contribution in [-0.4, -0.2) is 58.9 Å². The Bertz CT molecular complexity index is 1150. The molecule has 0 aromatic heterocycles. The number of hydrogen-bond acceptors (Lipinski definition) is 3. The standard InChI is InChI=1S/C23H23F5N2O4S/c1-35(32,33)29-21-18(30(12-23(21,27)28)22(31)19-6-3-7-34-19)10-13-4-2-5-17(20(13)26)14-8-15(24)11-16(25)9-14/h2,4-5,8-9,11,18-19,21H,3,6-7,10,12H2,1H3,(H-,29,32,33)/p+1/t18-,19+,21+/m0/s1. The second kappa shape index (κ2) is 9.57. The van der Waals surface area contributed by atoms with E-state index in [1.807, 2.05) is 4.72 Å². The molecule has 4 rings (SSSR count). The largest absolute Gasteiger partial charge is 0.368 e. The normalized spacial score (nSPS) is 25.6. The molecule has 2 aliphatic heterocycles. The SMILES string of the molecule is C[S+](=O)(O)N[C@@H]1[C@H](Cc2cccc(-c3cc(F)cc(F)c3)c2F)N(C(=O)[C@H]2CCCO2)CC1(F)F. The third-order valence-corrected chi connectivity index (χ3v) is 6.83. The molecule has 0 bridgehead atoms. The van der Waals surface area contributed by atoms with Crippen LogP contribution in [-0.2, 0) is 30.6 Å². The summed E-state index contributed by atoms with van der Waals surface area (Å²) < 4.78 is 102. The van der Waals surface area contributed by atoms with Gasteiger partial charge in [-0.3, -0.25) is 4.79 Å². The van der Waals surface area contributed by atoms with Gasteiger partial charge >= 0.3 is 0 Å². The lowest BCUT2D eigenvalue weighted by atomic mass is 9.95. The number of hydrogen-bond donors (Lipinski definition) is 2. The molecule has 0 aliphatic carbocycles. The van der Waals surface area contributed by atoms with Gasteiger partial charge in [-0.1, -0.05) is 22.9 Å². The predicted molar refractivity (Wildman–Crippen MR) is 118 cm³/mol. The van der Waals surface area contributed by atoms with E-state index in [1.54, 1.807) is 0 Å². The Hall–Kier alpha value is -2.41. The molecule has 4 atom stereocenters. The summed E-state index contributed by atoms with van der Waals surface area (Å²) in [6.45, 7) is -0.743. The summed E-state index contributed by atoms with van der Waals surface area (Å²) in [5, 5.41) is 0. The number of nitrogens with zero attached hydrogens (tertiary/aromatic N) is 1. The van der Waals surface area contributed by atoms with Gasteiger partial charge < -0.3 is 9.64 Å². The summed E-state index contributed by atoms with van der Waals surface area (Å²) in [6.07, 6.45) is 0.361. The number of carbonyl (C=O) groups excluding carboxylic acids is 1. The van der Waals surface area contributed by atoms with Crippen LogP contribution in [0.1, 0.15) is 18.4 Å². The van der Waals surface area contributed by atoms with Crippen molar-refractivity contribution in [3.63, 3.8) is 0 Å². The number of nitrogens with one attached hydrogen (secondary N) is 1. The van der Waals surface area contributed by atoms with Crippen LogP contribution in [0.3, 0.4) is 0 Å². The fraction of sp³-hybridized carbons (Fsp3) is 0.435. The highest BCUT2D eigenvalue weighted by atomic mass is 32.3. The number of amides is 1. The van der Waals surface area contributed by atoms with E-state index in [0.717, 1.165) is 23.3 Å². The molecule has 190 valence electrons. The molecular formula is C23H24F5N2O4S+. The molecule has 2 aliphatic rings. The first kappa shape index (κ1) is 25.7. The predicted octanol–water partition coefficient (Wildman–Crippen LogP) is 3.81. The summed E-state index contributed by atoms with van der Waals surface area (Å²) in [7, 11) is -3.87. The fourth-order valence-electron chi connectivity index (χ4n) is 4.63. The lowest BCUT2D eigenvalue weighted by molar-refractivity contribution is -0.143. The Balaban J connectivity index is 1.72. The highest BCUT2D eigenvalue weighted by Gasteiger charge is 2.59. The van der Waals surface area contributed by atoms with Crippen molar-refractivity contribution < 1.29 is 40.2 Å². The van der Waals surface area contributed by atoms with Gasteiger partial charge in [-0.05, 0) is 46.7 Å². The fourth-order valence-corrected chi connectivity index (χ4v) is 5.43. The first-order chi connectivity index (χ1) is 16.4. The molecule has 2 saturated heterocycles. The van der Waals surface area contributed by atoms with Crippen LogP contribution in [0.15, 0.2) is 36.4 Å². The van der Waals surface area contributed by atoms with Crippen molar-refractivity contribution >= 4 is 16.3 Å².